The highest BCUT2D eigenvalue weighted by Crippen LogP contribution is 2.42. The molecule has 2 aliphatic rings. The third kappa shape index (κ3) is 3.43. The van der Waals surface area contributed by atoms with Gasteiger partial charge in [-0.2, -0.15) is 0 Å². The number of carbonyl (C=O) groups excluding carboxylic acids is 1. The number of hydrogen-bond acceptors (Lipinski definition) is 4. The first-order valence-electron chi connectivity index (χ1n) is 8.61. The van der Waals surface area contributed by atoms with Crippen molar-refractivity contribution in [2.75, 3.05) is 18.6 Å². The monoisotopic (exact) mass is 351 g/mol. The molecule has 6 heteroatoms. The quantitative estimate of drug-likeness (QED) is 0.903. The van der Waals surface area contributed by atoms with Crippen molar-refractivity contribution < 1.29 is 17.9 Å². The van der Waals surface area contributed by atoms with Gasteiger partial charge in [-0.05, 0) is 43.4 Å². The number of benzene rings is 1. The van der Waals surface area contributed by atoms with Crippen molar-refractivity contribution in [1.29, 1.82) is 0 Å². The normalized spacial score (nSPS) is 22.9. The molecule has 0 bridgehead atoms. The van der Waals surface area contributed by atoms with Gasteiger partial charge >= 0.3 is 0 Å². The van der Waals surface area contributed by atoms with Crippen molar-refractivity contribution >= 4 is 15.7 Å². The van der Waals surface area contributed by atoms with Gasteiger partial charge in [0.1, 0.15) is 15.6 Å². The zero-order valence-corrected chi connectivity index (χ0v) is 14.9. The summed E-state index contributed by atoms with van der Waals surface area (Å²) in [6.07, 6.45) is 4.81. The predicted octanol–water partition coefficient (Wildman–Crippen LogP) is 2.20. The highest BCUT2D eigenvalue weighted by Gasteiger charge is 2.43. The SMILES string of the molecule is COc1ccc(C2(C(=O)NC3CCS(=O)(=O)CC3)CCCC2)cc1. The van der Waals surface area contributed by atoms with E-state index in [1.165, 1.54) is 0 Å². The molecule has 0 atom stereocenters. The molecule has 1 saturated heterocycles. The zero-order valence-electron chi connectivity index (χ0n) is 14.1. The highest BCUT2D eigenvalue weighted by atomic mass is 32.2. The fourth-order valence-corrected chi connectivity index (χ4v) is 5.38. The Kier molecular flexibility index (Phi) is 4.85. The van der Waals surface area contributed by atoms with Gasteiger partial charge < -0.3 is 10.1 Å². The smallest absolute Gasteiger partial charge is 0.230 e. The van der Waals surface area contributed by atoms with E-state index >= 15 is 0 Å². The number of amides is 1. The second kappa shape index (κ2) is 6.75. The summed E-state index contributed by atoms with van der Waals surface area (Å²) in [6, 6.07) is 7.73. The van der Waals surface area contributed by atoms with Gasteiger partial charge in [0.05, 0.1) is 24.0 Å². The van der Waals surface area contributed by atoms with Crippen molar-refractivity contribution in [1.82, 2.24) is 5.32 Å². The van der Waals surface area contributed by atoms with E-state index in [1.807, 2.05) is 24.3 Å². The summed E-state index contributed by atoms with van der Waals surface area (Å²) in [6.45, 7) is 0. The molecule has 132 valence electrons. The van der Waals surface area contributed by atoms with Gasteiger partial charge in [-0.25, -0.2) is 8.42 Å². The number of sulfone groups is 1. The van der Waals surface area contributed by atoms with Crippen LogP contribution in [0.15, 0.2) is 24.3 Å². The van der Waals surface area contributed by atoms with E-state index in [1.54, 1.807) is 7.11 Å². The molecule has 0 aromatic heterocycles. The van der Waals surface area contributed by atoms with Crippen molar-refractivity contribution in [2.24, 2.45) is 0 Å². The summed E-state index contributed by atoms with van der Waals surface area (Å²) in [5, 5.41) is 3.13. The minimum absolute atomic E-state index is 0.0308. The molecule has 1 N–H and O–H groups in total. The number of nitrogens with one attached hydrogen (secondary N) is 1. The summed E-state index contributed by atoms with van der Waals surface area (Å²) in [5.41, 5.74) is 0.546. The molecule has 0 unspecified atom stereocenters. The van der Waals surface area contributed by atoms with E-state index in [2.05, 4.69) is 5.32 Å². The lowest BCUT2D eigenvalue weighted by molar-refractivity contribution is -0.127. The summed E-state index contributed by atoms with van der Waals surface area (Å²) >= 11 is 0. The Bertz CT molecular complexity index is 676. The molecule has 1 aromatic rings. The second-order valence-corrected chi connectivity index (χ2v) is 9.22. The van der Waals surface area contributed by atoms with Crippen LogP contribution in [0.3, 0.4) is 0 Å². The maximum Gasteiger partial charge on any atom is 0.230 e. The lowest BCUT2D eigenvalue weighted by Gasteiger charge is -2.32. The molecule has 1 aromatic carbocycles. The molecule has 3 rings (SSSR count). The fraction of sp³-hybridized carbons (Fsp3) is 0.611. The topological polar surface area (TPSA) is 72.5 Å². The first-order valence-corrected chi connectivity index (χ1v) is 10.4. The maximum absolute atomic E-state index is 13.1. The number of ether oxygens (including phenoxy) is 1. The predicted molar refractivity (Wildman–Crippen MR) is 93.0 cm³/mol. The molecule has 1 saturated carbocycles. The average Bonchev–Trinajstić information content (AvgIpc) is 3.08. The fourth-order valence-electron chi connectivity index (χ4n) is 3.89. The summed E-state index contributed by atoms with van der Waals surface area (Å²) < 4.78 is 28.3. The molecule has 1 amide bonds. The van der Waals surface area contributed by atoms with Crippen LogP contribution >= 0.6 is 0 Å². The van der Waals surface area contributed by atoms with Crippen LogP contribution in [0.25, 0.3) is 0 Å². The minimum Gasteiger partial charge on any atom is -0.497 e. The molecule has 1 heterocycles. The number of hydrogen-bond donors (Lipinski definition) is 1. The molecular weight excluding hydrogens is 326 g/mol. The van der Waals surface area contributed by atoms with Crippen molar-refractivity contribution in [3.05, 3.63) is 29.8 Å². The lowest BCUT2D eigenvalue weighted by atomic mass is 9.77. The summed E-state index contributed by atoms with van der Waals surface area (Å²) in [4.78, 5) is 13.1. The van der Waals surface area contributed by atoms with Crippen LogP contribution < -0.4 is 10.1 Å². The van der Waals surface area contributed by atoms with Gasteiger partial charge in [0.15, 0.2) is 0 Å². The third-order valence-corrected chi connectivity index (χ3v) is 7.14. The zero-order chi connectivity index (χ0) is 17.2. The van der Waals surface area contributed by atoms with Crippen LogP contribution in [0.5, 0.6) is 5.75 Å². The van der Waals surface area contributed by atoms with Crippen molar-refractivity contribution in [2.45, 2.75) is 50.0 Å². The van der Waals surface area contributed by atoms with Crippen molar-refractivity contribution in [3.8, 4) is 5.75 Å². The van der Waals surface area contributed by atoms with E-state index < -0.39 is 15.3 Å². The van der Waals surface area contributed by atoms with E-state index in [0.717, 1.165) is 37.0 Å². The maximum atomic E-state index is 13.1. The molecule has 0 spiro atoms. The van der Waals surface area contributed by atoms with Crippen LogP contribution in [-0.2, 0) is 20.0 Å². The van der Waals surface area contributed by atoms with Crippen LogP contribution in [-0.4, -0.2) is 39.0 Å². The minimum atomic E-state index is -2.91. The standard InChI is InChI=1S/C18H25NO4S/c1-23-16-6-4-14(5-7-16)18(10-2-3-11-18)17(20)19-15-8-12-24(21,22)13-9-15/h4-7,15H,2-3,8-13H2,1H3,(H,19,20). The third-order valence-electron chi connectivity index (χ3n) is 5.42. The van der Waals surface area contributed by atoms with Gasteiger partial charge in [-0.1, -0.05) is 25.0 Å². The molecule has 2 fully saturated rings. The van der Waals surface area contributed by atoms with Crippen molar-refractivity contribution in [3.63, 3.8) is 0 Å². The Morgan fingerprint density at radius 1 is 1.12 bits per heavy atom. The Balaban J connectivity index is 1.76. The first kappa shape index (κ1) is 17.3. The molecular formula is C18H25NO4S. The molecule has 24 heavy (non-hydrogen) atoms. The van der Waals surface area contributed by atoms with Gasteiger partial charge in [-0.15, -0.1) is 0 Å². The van der Waals surface area contributed by atoms with Crippen LogP contribution in [0.1, 0.15) is 44.1 Å². The molecule has 1 aliphatic heterocycles. The Morgan fingerprint density at radius 2 is 1.71 bits per heavy atom. The molecule has 0 radical (unpaired) electrons. The number of rotatable bonds is 4. The van der Waals surface area contributed by atoms with E-state index in [-0.39, 0.29) is 23.5 Å². The van der Waals surface area contributed by atoms with Gasteiger partial charge in [0, 0.05) is 6.04 Å². The summed E-state index contributed by atoms with van der Waals surface area (Å²) in [7, 11) is -1.28. The molecule has 1 aliphatic carbocycles. The average molecular weight is 351 g/mol. The van der Waals surface area contributed by atoms with Crippen LogP contribution in [0.4, 0.5) is 0 Å². The number of methoxy groups -OCH3 is 1. The highest BCUT2D eigenvalue weighted by molar-refractivity contribution is 7.91. The van der Waals surface area contributed by atoms with E-state index in [0.29, 0.717) is 12.8 Å². The largest absolute Gasteiger partial charge is 0.497 e. The lowest BCUT2D eigenvalue weighted by Crippen LogP contribution is -2.49. The van der Waals surface area contributed by atoms with Gasteiger partial charge in [0.2, 0.25) is 5.91 Å². The Labute approximate surface area is 143 Å². The van der Waals surface area contributed by atoms with E-state index in [9.17, 15) is 13.2 Å². The molecule has 5 nitrogen and oxygen atoms in total. The van der Waals surface area contributed by atoms with Gasteiger partial charge in [0.25, 0.3) is 0 Å². The number of carbonyl (C=O) groups is 1. The Morgan fingerprint density at radius 3 is 2.25 bits per heavy atom. The first-order chi connectivity index (χ1) is 11.5. The van der Waals surface area contributed by atoms with Crippen LogP contribution in [0, 0.1) is 0 Å². The summed E-state index contributed by atoms with van der Waals surface area (Å²) in [5.74, 6) is 1.18. The van der Waals surface area contributed by atoms with Gasteiger partial charge in [-0.3, -0.25) is 4.79 Å². The second-order valence-electron chi connectivity index (χ2n) is 6.92. The Hall–Kier alpha value is -1.56. The van der Waals surface area contributed by atoms with Crippen LogP contribution in [0.2, 0.25) is 0 Å². The van der Waals surface area contributed by atoms with E-state index in [4.69, 9.17) is 4.74 Å².